The van der Waals surface area contributed by atoms with Crippen LogP contribution in [-0.2, 0) is 30.3 Å². The fourth-order valence-electron chi connectivity index (χ4n) is 5.14. The Balaban J connectivity index is 2.07. The summed E-state index contributed by atoms with van der Waals surface area (Å²) in [5, 5.41) is 15.7. The number of hydrogen-bond acceptors (Lipinski definition) is 7. The molecule has 1 aliphatic rings. The molecule has 0 saturated heterocycles. The molecular weight excluding hydrogens is 574 g/mol. The van der Waals surface area contributed by atoms with Gasteiger partial charge in [0.25, 0.3) is 0 Å². The Morgan fingerprint density at radius 2 is 1.49 bits per heavy atom. The monoisotopic (exact) mass is 623 g/mol. The van der Waals surface area contributed by atoms with Gasteiger partial charge in [-0.2, -0.15) is 0 Å². The van der Waals surface area contributed by atoms with Crippen molar-refractivity contribution < 1.29 is 33.8 Å². The maximum absolute atomic E-state index is 14.5. The number of carbonyl (C=O) groups excluding carboxylic acids is 4. The molecule has 10 nitrogen and oxygen atoms in total. The molecule has 0 aromatic heterocycles. The summed E-state index contributed by atoms with van der Waals surface area (Å²) in [4.78, 5) is 56.3. The number of aliphatic hydroxyl groups excluding tert-OH is 1. The number of nitrogens with one attached hydrogen (secondary N) is 2. The molecule has 3 rings (SSSR count). The molecule has 2 aromatic carbocycles. The zero-order valence-corrected chi connectivity index (χ0v) is 28.0. The van der Waals surface area contributed by atoms with E-state index in [9.17, 15) is 24.3 Å². The molecule has 1 aliphatic carbocycles. The average molecular weight is 624 g/mol. The number of aryl methyl sites for hydroxylation is 1. The quantitative estimate of drug-likeness (QED) is 0.313. The van der Waals surface area contributed by atoms with Gasteiger partial charge in [0, 0.05) is 12.5 Å². The van der Waals surface area contributed by atoms with Crippen molar-refractivity contribution in [2.24, 2.45) is 5.92 Å². The van der Waals surface area contributed by atoms with Crippen molar-refractivity contribution >= 4 is 23.9 Å². The Morgan fingerprint density at radius 3 is 2.02 bits per heavy atom. The average Bonchev–Trinajstić information content (AvgIpc) is 3.65. The van der Waals surface area contributed by atoms with Gasteiger partial charge in [-0.05, 0) is 90.0 Å². The van der Waals surface area contributed by atoms with Crippen LogP contribution in [0.4, 0.5) is 4.79 Å². The molecule has 2 aromatic rings. The van der Waals surface area contributed by atoms with Gasteiger partial charge >= 0.3 is 12.1 Å². The molecule has 0 spiro atoms. The zero-order valence-electron chi connectivity index (χ0n) is 28.0. The fourth-order valence-corrected chi connectivity index (χ4v) is 5.14. The van der Waals surface area contributed by atoms with E-state index in [1.165, 1.54) is 4.90 Å². The number of amides is 3. The van der Waals surface area contributed by atoms with Gasteiger partial charge < -0.3 is 30.1 Å². The maximum atomic E-state index is 14.5. The zero-order chi connectivity index (χ0) is 33.7. The van der Waals surface area contributed by atoms with E-state index in [0.717, 1.165) is 16.7 Å². The first kappa shape index (κ1) is 35.6. The summed E-state index contributed by atoms with van der Waals surface area (Å²) in [6.45, 7) is 15.4. The highest BCUT2D eigenvalue weighted by molar-refractivity contribution is 5.94. The lowest BCUT2D eigenvalue weighted by atomic mass is 9.94. The topological polar surface area (TPSA) is 134 Å². The minimum absolute atomic E-state index is 0.0706. The van der Waals surface area contributed by atoms with Crippen LogP contribution in [0.1, 0.15) is 83.2 Å². The molecule has 5 atom stereocenters. The summed E-state index contributed by atoms with van der Waals surface area (Å²) in [6.07, 6.45) is -0.0575. The third-order valence-corrected chi connectivity index (χ3v) is 7.61. The third kappa shape index (κ3) is 10.0. The molecule has 10 heteroatoms. The van der Waals surface area contributed by atoms with Crippen molar-refractivity contribution in [1.29, 1.82) is 0 Å². The lowest BCUT2D eigenvalue weighted by Gasteiger charge is -2.36. The maximum Gasteiger partial charge on any atom is 0.408 e. The molecule has 5 unspecified atom stereocenters. The van der Waals surface area contributed by atoms with E-state index in [0.29, 0.717) is 12.0 Å². The van der Waals surface area contributed by atoms with Crippen LogP contribution in [0.2, 0.25) is 0 Å². The summed E-state index contributed by atoms with van der Waals surface area (Å²) in [7, 11) is 0. The van der Waals surface area contributed by atoms with E-state index in [1.54, 1.807) is 47.6 Å². The van der Waals surface area contributed by atoms with Crippen molar-refractivity contribution in [3.05, 3.63) is 70.8 Å². The fraction of sp³-hybridized carbons (Fsp3) is 0.543. The van der Waals surface area contributed by atoms with Crippen LogP contribution in [0.25, 0.3) is 0 Å². The Bertz CT molecular complexity index is 1360. The van der Waals surface area contributed by atoms with Crippen LogP contribution in [0.15, 0.2) is 48.5 Å². The van der Waals surface area contributed by atoms with Gasteiger partial charge in [0.2, 0.25) is 11.8 Å². The van der Waals surface area contributed by atoms with E-state index >= 15 is 0 Å². The highest BCUT2D eigenvalue weighted by atomic mass is 16.6. The van der Waals surface area contributed by atoms with Gasteiger partial charge in [-0.25, -0.2) is 9.59 Å². The summed E-state index contributed by atoms with van der Waals surface area (Å²) in [6, 6.07) is 10.9. The van der Waals surface area contributed by atoms with E-state index < -0.39 is 59.8 Å². The standard InChI is InChI=1S/C35H49N3O7/c1-21-14-13-17-25(23(21)3)29(30(40)36-26(32(42)44-34(4,5)6)19-24-15-11-10-12-16-24)38(28-18-22(28)2)31(41)27(20-39)37-33(43)45-35(7,8)9/h10-17,22,26-29,39H,18-20H2,1-9H3,(H,36,40)(H,37,43). The molecule has 45 heavy (non-hydrogen) atoms. The number of ether oxygens (including phenoxy) is 2. The van der Waals surface area contributed by atoms with Crippen LogP contribution in [0, 0.1) is 19.8 Å². The summed E-state index contributed by atoms with van der Waals surface area (Å²) in [5.74, 6) is -1.73. The molecule has 3 amide bonds. The smallest absolute Gasteiger partial charge is 0.408 e. The predicted molar refractivity (Wildman–Crippen MR) is 171 cm³/mol. The lowest BCUT2D eigenvalue weighted by Crippen LogP contribution is -2.56. The largest absolute Gasteiger partial charge is 0.458 e. The Hall–Kier alpha value is -3.92. The first-order chi connectivity index (χ1) is 20.9. The number of hydrogen-bond donors (Lipinski definition) is 3. The highest BCUT2D eigenvalue weighted by Gasteiger charge is 2.49. The van der Waals surface area contributed by atoms with Gasteiger partial charge in [0.1, 0.15) is 29.3 Å². The Labute approximate surface area is 266 Å². The second-order valence-electron chi connectivity index (χ2n) is 13.9. The van der Waals surface area contributed by atoms with Crippen LogP contribution < -0.4 is 10.6 Å². The van der Waals surface area contributed by atoms with Crippen LogP contribution >= 0.6 is 0 Å². The molecule has 1 fully saturated rings. The van der Waals surface area contributed by atoms with Crippen molar-refractivity contribution in [2.45, 2.75) is 111 Å². The van der Waals surface area contributed by atoms with Gasteiger partial charge in [-0.15, -0.1) is 0 Å². The van der Waals surface area contributed by atoms with Crippen LogP contribution in [0.3, 0.4) is 0 Å². The van der Waals surface area contributed by atoms with Gasteiger partial charge in [0.05, 0.1) is 6.61 Å². The number of rotatable bonds is 11. The van der Waals surface area contributed by atoms with Crippen molar-refractivity contribution in [1.82, 2.24) is 15.5 Å². The number of carbonyl (C=O) groups is 4. The minimum atomic E-state index is -1.36. The van der Waals surface area contributed by atoms with Crippen molar-refractivity contribution in [3.8, 4) is 0 Å². The summed E-state index contributed by atoms with van der Waals surface area (Å²) in [5.41, 5.74) is 1.51. The van der Waals surface area contributed by atoms with Crippen molar-refractivity contribution in [2.75, 3.05) is 6.61 Å². The van der Waals surface area contributed by atoms with E-state index in [-0.39, 0.29) is 18.4 Å². The molecule has 0 bridgehead atoms. The molecular formula is C35H49N3O7. The molecule has 246 valence electrons. The van der Waals surface area contributed by atoms with Gasteiger partial charge in [-0.3, -0.25) is 9.59 Å². The van der Waals surface area contributed by atoms with Gasteiger partial charge in [0.15, 0.2) is 0 Å². The van der Waals surface area contributed by atoms with Crippen LogP contribution in [0.5, 0.6) is 0 Å². The third-order valence-electron chi connectivity index (χ3n) is 7.61. The lowest BCUT2D eigenvalue weighted by molar-refractivity contribution is -0.159. The van der Waals surface area contributed by atoms with Crippen molar-refractivity contribution in [3.63, 3.8) is 0 Å². The molecule has 0 heterocycles. The second-order valence-corrected chi connectivity index (χ2v) is 13.9. The SMILES string of the molecule is Cc1cccc(C(C(=O)NC(Cc2ccccc2)C(=O)OC(C)(C)C)N(C(=O)C(CO)NC(=O)OC(C)(C)C)C2CC2C)c1C. The number of nitrogens with zero attached hydrogens (tertiary/aromatic N) is 1. The first-order valence-corrected chi connectivity index (χ1v) is 15.5. The molecule has 0 radical (unpaired) electrons. The summed E-state index contributed by atoms with van der Waals surface area (Å²) < 4.78 is 11.0. The summed E-state index contributed by atoms with van der Waals surface area (Å²) >= 11 is 0. The van der Waals surface area contributed by atoms with Gasteiger partial charge in [-0.1, -0.05) is 55.5 Å². The van der Waals surface area contributed by atoms with E-state index in [2.05, 4.69) is 10.6 Å². The number of alkyl carbamates (subject to hydrolysis) is 1. The first-order valence-electron chi connectivity index (χ1n) is 15.5. The second kappa shape index (κ2) is 14.5. The number of esters is 1. The highest BCUT2D eigenvalue weighted by Crippen LogP contribution is 2.41. The normalized spacial score (nSPS) is 18.2. The van der Waals surface area contributed by atoms with Crippen LogP contribution in [-0.4, -0.2) is 69.8 Å². The predicted octanol–water partition coefficient (Wildman–Crippen LogP) is 4.54. The Kier molecular flexibility index (Phi) is 11.4. The Morgan fingerprint density at radius 1 is 0.889 bits per heavy atom. The van der Waals surface area contributed by atoms with E-state index in [4.69, 9.17) is 9.47 Å². The molecule has 1 saturated carbocycles. The van der Waals surface area contributed by atoms with E-state index in [1.807, 2.05) is 63.2 Å². The molecule has 3 N–H and O–H groups in total. The molecule has 0 aliphatic heterocycles. The number of aliphatic hydroxyl groups is 1. The number of benzene rings is 2. The minimum Gasteiger partial charge on any atom is -0.458 e.